The minimum absolute atomic E-state index is 0. The first kappa shape index (κ1) is 23.4. The van der Waals surface area contributed by atoms with Gasteiger partial charge in [0.05, 0.1) is 30.5 Å². The van der Waals surface area contributed by atoms with Gasteiger partial charge in [0.1, 0.15) is 11.5 Å². The third-order valence-electron chi connectivity index (χ3n) is 4.60. The molecule has 11 heteroatoms. The monoisotopic (exact) mass is 444 g/mol. The molecule has 0 saturated carbocycles. The summed E-state index contributed by atoms with van der Waals surface area (Å²) in [5, 5.41) is 3.09. The van der Waals surface area contributed by atoms with E-state index in [2.05, 4.69) is 5.32 Å². The van der Waals surface area contributed by atoms with E-state index in [-0.39, 0.29) is 29.8 Å². The highest BCUT2D eigenvalue weighted by Gasteiger charge is 2.43. The summed E-state index contributed by atoms with van der Waals surface area (Å²) in [4.78, 5) is 1.73. The van der Waals surface area contributed by atoms with Gasteiger partial charge in [-0.3, -0.25) is 4.90 Å². The number of piperazine rings is 1. The van der Waals surface area contributed by atoms with Crippen molar-refractivity contribution >= 4 is 12.4 Å². The molecule has 1 aromatic heterocycles. The zero-order chi connectivity index (χ0) is 20.5. The first-order chi connectivity index (χ1) is 13.1. The van der Waals surface area contributed by atoms with Crippen LogP contribution in [0.4, 0.5) is 26.3 Å². The van der Waals surface area contributed by atoms with Crippen molar-refractivity contribution in [2.24, 2.45) is 0 Å². The smallest absolute Gasteiger partial charge is 0.416 e. The van der Waals surface area contributed by atoms with Crippen LogP contribution in [0, 0.1) is 0 Å². The van der Waals surface area contributed by atoms with Gasteiger partial charge >= 0.3 is 12.4 Å². The van der Waals surface area contributed by atoms with Crippen LogP contribution < -0.4 is 10.1 Å². The van der Waals surface area contributed by atoms with Gasteiger partial charge in [0.25, 0.3) is 0 Å². The van der Waals surface area contributed by atoms with E-state index in [1.54, 1.807) is 4.90 Å². The number of hydrogen-bond acceptors (Lipinski definition) is 4. The molecule has 1 atom stereocenters. The summed E-state index contributed by atoms with van der Waals surface area (Å²) in [7, 11) is 1.05. The lowest BCUT2D eigenvalue weighted by Gasteiger charge is -2.36. The van der Waals surface area contributed by atoms with Crippen molar-refractivity contribution in [3.8, 4) is 5.75 Å². The molecule has 0 spiro atoms. The zero-order valence-electron chi connectivity index (χ0n) is 15.2. The van der Waals surface area contributed by atoms with Crippen LogP contribution in [0.5, 0.6) is 5.75 Å². The maximum Gasteiger partial charge on any atom is 0.416 e. The van der Waals surface area contributed by atoms with Crippen molar-refractivity contribution in [2.45, 2.75) is 18.4 Å². The van der Waals surface area contributed by atoms with Gasteiger partial charge < -0.3 is 14.5 Å². The maximum absolute atomic E-state index is 13.8. The quantitative estimate of drug-likeness (QED) is 0.691. The molecule has 0 amide bonds. The van der Waals surface area contributed by atoms with Gasteiger partial charge in [-0.1, -0.05) is 0 Å². The number of nitrogens with zero attached hydrogens (tertiary/aromatic N) is 1. The molecule has 1 aromatic carbocycles. The number of nitrogens with one attached hydrogen (secondary N) is 1. The molecule has 1 fully saturated rings. The van der Waals surface area contributed by atoms with Crippen molar-refractivity contribution in [1.29, 1.82) is 0 Å². The fraction of sp³-hybridized carbons (Fsp3) is 0.444. The van der Waals surface area contributed by atoms with Crippen LogP contribution in [0.2, 0.25) is 0 Å². The second kappa shape index (κ2) is 8.85. The van der Waals surface area contributed by atoms with Crippen LogP contribution in [0.1, 0.15) is 28.5 Å². The molecule has 2 heterocycles. The average molecular weight is 445 g/mol. The number of furan rings is 1. The molecule has 1 N–H and O–H groups in total. The van der Waals surface area contributed by atoms with Crippen LogP contribution >= 0.6 is 12.4 Å². The Bertz CT molecular complexity index is 802. The normalized spacial score (nSPS) is 16.9. The summed E-state index contributed by atoms with van der Waals surface area (Å²) in [6, 6.07) is 2.72. The van der Waals surface area contributed by atoms with Crippen LogP contribution in [0.25, 0.3) is 0 Å². The molecule has 0 bridgehead atoms. The average Bonchev–Trinajstić information content (AvgIpc) is 3.15. The fourth-order valence-electron chi connectivity index (χ4n) is 3.37. The van der Waals surface area contributed by atoms with Gasteiger partial charge in [-0.15, -0.1) is 12.4 Å². The Hall–Kier alpha value is -1.91. The molecule has 0 aliphatic carbocycles. The number of rotatable bonds is 4. The molecule has 29 heavy (non-hydrogen) atoms. The second-order valence-electron chi connectivity index (χ2n) is 6.34. The van der Waals surface area contributed by atoms with Gasteiger partial charge in [0.15, 0.2) is 0 Å². The van der Waals surface area contributed by atoms with Crippen molar-refractivity contribution in [2.75, 3.05) is 33.3 Å². The molecule has 2 aromatic rings. The summed E-state index contributed by atoms with van der Waals surface area (Å²) in [6.45, 7) is 1.85. The number of methoxy groups -OCH3 is 1. The van der Waals surface area contributed by atoms with Gasteiger partial charge in [-0.25, -0.2) is 0 Å². The van der Waals surface area contributed by atoms with Crippen molar-refractivity contribution in [3.63, 3.8) is 0 Å². The Morgan fingerprint density at radius 1 is 1.07 bits per heavy atom. The van der Waals surface area contributed by atoms with Gasteiger partial charge in [-0.05, 0) is 24.3 Å². The SMILES string of the molecule is COc1cc(C(F)(F)F)cc(C(F)(F)F)c1[C@@H](c1ccco1)N1CCNCC1.Cl. The van der Waals surface area contributed by atoms with Crippen LogP contribution in [-0.2, 0) is 12.4 Å². The van der Waals surface area contributed by atoms with Gasteiger partial charge in [-0.2, -0.15) is 26.3 Å². The highest BCUT2D eigenvalue weighted by Crippen LogP contribution is 2.46. The Morgan fingerprint density at radius 3 is 2.21 bits per heavy atom. The van der Waals surface area contributed by atoms with E-state index in [1.165, 1.54) is 18.4 Å². The highest BCUT2D eigenvalue weighted by atomic mass is 35.5. The van der Waals surface area contributed by atoms with Crippen molar-refractivity contribution in [1.82, 2.24) is 10.2 Å². The van der Waals surface area contributed by atoms with Crippen molar-refractivity contribution in [3.05, 3.63) is 53.0 Å². The Balaban J connectivity index is 0.00000300. The minimum Gasteiger partial charge on any atom is -0.496 e. The Morgan fingerprint density at radius 2 is 1.72 bits per heavy atom. The highest BCUT2D eigenvalue weighted by molar-refractivity contribution is 5.85. The summed E-state index contributed by atoms with van der Waals surface area (Å²) in [6.07, 6.45) is -8.64. The van der Waals surface area contributed by atoms with E-state index in [0.717, 1.165) is 7.11 Å². The number of ether oxygens (including phenoxy) is 1. The second-order valence-corrected chi connectivity index (χ2v) is 6.34. The molecule has 1 saturated heterocycles. The van der Waals surface area contributed by atoms with Crippen LogP contribution in [0.3, 0.4) is 0 Å². The van der Waals surface area contributed by atoms with E-state index in [4.69, 9.17) is 9.15 Å². The van der Waals surface area contributed by atoms with Crippen molar-refractivity contribution < 1.29 is 35.5 Å². The van der Waals surface area contributed by atoms with Crippen LogP contribution in [0.15, 0.2) is 34.9 Å². The first-order valence-electron chi connectivity index (χ1n) is 8.47. The zero-order valence-corrected chi connectivity index (χ0v) is 16.0. The molecule has 162 valence electrons. The largest absolute Gasteiger partial charge is 0.496 e. The minimum atomic E-state index is -5.01. The molecule has 0 radical (unpaired) electrons. The molecular weight excluding hydrogens is 426 g/mol. The Labute approximate surface area is 169 Å². The summed E-state index contributed by atoms with van der Waals surface area (Å²) < 4.78 is 91.3. The first-order valence-corrected chi connectivity index (χ1v) is 8.47. The summed E-state index contributed by atoms with van der Waals surface area (Å²) in [5.41, 5.74) is -3.20. The molecule has 3 rings (SSSR count). The Kier molecular flexibility index (Phi) is 7.13. The summed E-state index contributed by atoms with van der Waals surface area (Å²) >= 11 is 0. The summed E-state index contributed by atoms with van der Waals surface area (Å²) in [5.74, 6) is -0.285. The van der Waals surface area contributed by atoms with E-state index in [1.807, 2.05) is 0 Å². The molecule has 4 nitrogen and oxygen atoms in total. The molecule has 1 aliphatic rings. The van der Waals surface area contributed by atoms with E-state index in [9.17, 15) is 26.3 Å². The molecule has 1 aliphatic heterocycles. The lowest BCUT2D eigenvalue weighted by molar-refractivity contribution is -0.144. The predicted molar refractivity (Wildman–Crippen MR) is 95.2 cm³/mol. The van der Waals surface area contributed by atoms with E-state index in [0.29, 0.717) is 32.2 Å². The third-order valence-corrected chi connectivity index (χ3v) is 4.60. The van der Waals surface area contributed by atoms with Gasteiger partial charge in [0, 0.05) is 31.7 Å². The molecular formula is C18H19ClF6N2O2. The lowest BCUT2D eigenvalue weighted by atomic mass is 9.92. The number of alkyl halides is 6. The number of benzene rings is 1. The van der Waals surface area contributed by atoms with E-state index < -0.39 is 35.3 Å². The van der Waals surface area contributed by atoms with Crippen LogP contribution in [-0.4, -0.2) is 38.2 Å². The van der Waals surface area contributed by atoms with E-state index >= 15 is 0 Å². The van der Waals surface area contributed by atoms with Gasteiger partial charge in [0.2, 0.25) is 0 Å². The number of hydrogen-bond donors (Lipinski definition) is 1. The topological polar surface area (TPSA) is 37.6 Å². The third kappa shape index (κ3) is 4.99. The molecule has 0 unspecified atom stereocenters. The fourth-order valence-corrected chi connectivity index (χ4v) is 3.37. The maximum atomic E-state index is 13.8. The lowest BCUT2D eigenvalue weighted by Crippen LogP contribution is -2.45. The standard InChI is InChI=1S/C18H18F6N2O2.ClH/c1-27-14-10-11(17(19,20)21)9-12(18(22,23)24)15(14)16(13-3-2-8-28-13)26-6-4-25-5-7-26;/h2-3,8-10,16,25H,4-7H2,1H3;1H/t16-;/m1./s1. The predicted octanol–water partition coefficient (Wildman–Crippen LogP) is 4.74. The number of halogens is 7.